The van der Waals surface area contributed by atoms with Crippen molar-refractivity contribution in [2.75, 3.05) is 6.54 Å². The maximum atomic E-state index is 10.6. The van der Waals surface area contributed by atoms with Gasteiger partial charge in [0.25, 0.3) is 5.69 Å². The van der Waals surface area contributed by atoms with Crippen LogP contribution in [-0.2, 0) is 13.1 Å². The van der Waals surface area contributed by atoms with Gasteiger partial charge in [-0.15, -0.1) is 0 Å². The molecule has 0 radical (unpaired) electrons. The molecule has 0 unspecified atom stereocenters. The van der Waals surface area contributed by atoms with Crippen molar-refractivity contribution in [2.45, 2.75) is 40.8 Å². The highest BCUT2D eigenvalue weighted by atomic mass is 16.6. The molecule has 1 N–H and O–H groups in total. The first-order valence-corrected chi connectivity index (χ1v) is 7.10. The molecule has 6 nitrogen and oxygen atoms in total. The summed E-state index contributed by atoms with van der Waals surface area (Å²) in [5.74, 6) is 0.946. The fourth-order valence-corrected chi connectivity index (χ4v) is 2.06. The lowest BCUT2D eigenvalue weighted by atomic mass is 10.3. The van der Waals surface area contributed by atoms with Crippen molar-refractivity contribution >= 4 is 16.7 Å². The first-order valence-electron chi connectivity index (χ1n) is 7.10. The highest BCUT2D eigenvalue weighted by Crippen LogP contribution is 2.22. The van der Waals surface area contributed by atoms with Crippen LogP contribution in [0.4, 0.5) is 5.69 Å². The second kappa shape index (κ2) is 7.59. The number of aromatic nitrogens is 2. The number of rotatable bonds is 1. The van der Waals surface area contributed by atoms with E-state index >= 15 is 0 Å². The van der Waals surface area contributed by atoms with Gasteiger partial charge in [-0.2, -0.15) is 0 Å². The van der Waals surface area contributed by atoms with Crippen molar-refractivity contribution < 1.29 is 4.92 Å². The third kappa shape index (κ3) is 3.14. The monoisotopic (exact) mass is 278 g/mol. The molecule has 0 saturated carbocycles. The second-order valence-electron chi connectivity index (χ2n) is 3.79. The Morgan fingerprint density at radius 1 is 1.30 bits per heavy atom. The van der Waals surface area contributed by atoms with Crippen LogP contribution in [0.1, 0.15) is 33.5 Å². The van der Waals surface area contributed by atoms with Gasteiger partial charge in [0.05, 0.1) is 22.5 Å². The van der Waals surface area contributed by atoms with E-state index in [9.17, 15) is 10.1 Å². The minimum Gasteiger partial charge on any atom is -0.326 e. The minimum atomic E-state index is -0.393. The van der Waals surface area contributed by atoms with Gasteiger partial charge in [-0.3, -0.25) is 10.1 Å². The number of imidazole rings is 1. The van der Waals surface area contributed by atoms with Crippen LogP contribution in [-0.4, -0.2) is 21.0 Å². The maximum Gasteiger partial charge on any atom is 0.271 e. The number of nitro groups is 1. The van der Waals surface area contributed by atoms with Gasteiger partial charge in [0.2, 0.25) is 0 Å². The smallest absolute Gasteiger partial charge is 0.271 e. The Morgan fingerprint density at radius 2 is 2.00 bits per heavy atom. The number of hydrogen-bond donors (Lipinski definition) is 1. The number of nitrogens with one attached hydrogen (secondary N) is 1. The van der Waals surface area contributed by atoms with Crippen molar-refractivity contribution in [3.05, 3.63) is 34.1 Å². The fraction of sp³-hybridized carbons (Fsp3) is 0.500. The Bertz CT molecular complexity index is 578. The summed E-state index contributed by atoms with van der Waals surface area (Å²) in [4.78, 5) is 14.6. The van der Waals surface area contributed by atoms with E-state index in [4.69, 9.17) is 0 Å². The van der Waals surface area contributed by atoms with Crippen LogP contribution in [0.2, 0.25) is 0 Å². The largest absolute Gasteiger partial charge is 0.326 e. The molecule has 0 bridgehead atoms. The van der Waals surface area contributed by atoms with Crippen LogP contribution in [0, 0.1) is 10.1 Å². The number of hydrogen-bond acceptors (Lipinski definition) is 4. The first kappa shape index (κ1) is 16.1. The average Bonchev–Trinajstić information content (AvgIpc) is 2.89. The minimum absolute atomic E-state index is 0.0934. The Balaban J connectivity index is 0.000000461. The standard InChI is InChI=1S/C10H10N4O2.2C2H6/c15-14(16)7-1-2-9-8(5-7)12-10-6-11-3-4-13(9)10;2*1-2/h1-2,5,11H,3-4,6H2;2*1-2H3. The van der Waals surface area contributed by atoms with Crippen LogP contribution >= 0.6 is 0 Å². The summed E-state index contributed by atoms with van der Waals surface area (Å²) in [6, 6.07) is 4.83. The molecule has 0 atom stereocenters. The molecule has 0 saturated heterocycles. The van der Waals surface area contributed by atoms with E-state index < -0.39 is 4.92 Å². The number of nitrogens with zero attached hydrogens (tertiary/aromatic N) is 3. The van der Waals surface area contributed by atoms with Gasteiger partial charge in [0.15, 0.2) is 0 Å². The summed E-state index contributed by atoms with van der Waals surface area (Å²) in [6.07, 6.45) is 0. The lowest BCUT2D eigenvalue weighted by Gasteiger charge is -2.15. The molecule has 2 aromatic rings. The van der Waals surface area contributed by atoms with E-state index in [0.717, 1.165) is 31.0 Å². The lowest BCUT2D eigenvalue weighted by Crippen LogP contribution is -2.28. The topological polar surface area (TPSA) is 73.0 Å². The Labute approximate surface area is 119 Å². The molecule has 0 spiro atoms. The molecular weight excluding hydrogens is 256 g/mol. The molecule has 1 aromatic heterocycles. The third-order valence-electron chi connectivity index (χ3n) is 2.82. The quantitative estimate of drug-likeness (QED) is 0.642. The maximum absolute atomic E-state index is 10.6. The zero-order valence-electron chi connectivity index (χ0n) is 12.5. The molecule has 0 amide bonds. The van der Waals surface area contributed by atoms with E-state index in [1.54, 1.807) is 6.07 Å². The first-order chi connectivity index (χ1) is 9.75. The fourth-order valence-electron chi connectivity index (χ4n) is 2.06. The summed E-state index contributed by atoms with van der Waals surface area (Å²) in [7, 11) is 0. The number of fused-ring (bicyclic) bond motifs is 3. The van der Waals surface area contributed by atoms with Gasteiger partial charge in [-0.1, -0.05) is 27.7 Å². The van der Waals surface area contributed by atoms with Crippen molar-refractivity contribution in [2.24, 2.45) is 0 Å². The van der Waals surface area contributed by atoms with Crippen LogP contribution in [0.15, 0.2) is 18.2 Å². The summed E-state index contributed by atoms with van der Waals surface area (Å²) in [6.45, 7) is 10.5. The van der Waals surface area contributed by atoms with E-state index in [2.05, 4.69) is 14.9 Å². The lowest BCUT2D eigenvalue weighted by molar-refractivity contribution is -0.384. The van der Waals surface area contributed by atoms with Crippen LogP contribution in [0.25, 0.3) is 11.0 Å². The molecule has 3 rings (SSSR count). The van der Waals surface area contributed by atoms with Gasteiger partial charge >= 0.3 is 0 Å². The van der Waals surface area contributed by atoms with Crippen molar-refractivity contribution in [3.63, 3.8) is 0 Å². The zero-order valence-corrected chi connectivity index (χ0v) is 12.5. The van der Waals surface area contributed by atoms with Gasteiger partial charge in [0, 0.05) is 25.2 Å². The molecule has 0 fully saturated rings. The van der Waals surface area contributed by atoms with Crippen LogP contribution in [0.5, 0.6) is 0 Å². The summed E-state index contributed by atoms with van der Waals surface area (Å²) in [5, 5.41) is 13.9. The van der Waals surface area contributed by atoms with Gasteiger partial charge in [-0.25, -0.2) is 4.98 Å². The molecule has 2 heterocycles. The Hall–Kier alpha value is -1.95. The van der Waals surface area contributed by atoms with Gasteiger partial charge in [0.1, 0.15) is 5.82 Å². The Kier molecular flexibility index (Phi) is 6.11. The SMILES string of the molecule is CC.CC.O=[N+]([O-])c1ccc2c(c1)nc1n2CCNC1. The molecular formula is C14H22N4O2. The molecule has 1 aromatic carbocycles. The average molecular weight is 278 g/mol. The third-order valence-corrected chi connectivity index (χ3v) is 2.82. The van der Waals surface area contributed by atoms with Crippen molar-refractivity contribution in [3.8, 4) is 0 Å². The normalized spacial score (nSPS) is 12.6. The van der Waals surface area contributed by atoms with Gasteiger partial charge in [-0.05, 0) is 6.07 Å². The highest BCUT2D eigenvalue weighted by Gasteiger charge is 2.16. The predicted octanol–water partition coefficient (Wildman–Crippen LogP) is 3.10. The van der Waals surface area contributed by atoms with Crippen LogP contribution < -0.4 is 5.32 Å². The summed E-state index contributed by atoms with van der Waals surface area (Å²) < 4.78 is 2.11. The Morgan fingerprint density at radius 3 is 2.65 bits per heavy atom. The summed E-state index contributed by atoms with van der Waals surface area (Å²) >= 11 is 0. The summed E-state index contributed by atoms with van der Waals surface area (Å²) in [5.41, 5.74) is 1.77. The van der Waals surface area contributed by atoms with Crippen molar-refractivity contribution in [1.82, 2.24) is 14.9 Å². The molecule has 110 valence electrons. The van der Waals surface area contributed by atoms with Gasteiger partial charge < -0.3 is 9.88 Å². The number of nitro benzene ring substituents is 1. The molecule has 1 aliphatic rings. The van der Waals surface area contributed by atoms with E-state index in [0.29, 0.717) is 5.52 Å². The molecule has 6 heteroatoms. The molecule has 0 aliphatic carbocycles. The van der Waals surface area contributed by atoms with Crippen molar-refractivity contribution in [1.29, 1.82) is 0 Å². The molecule has 1 aliphatic heterocycles. The van der Waals surface area contributed by atoms with E-state index in [1.807, 2.05) is 27.7 Å². The number of benzene rings is 1. The number of non-ortho nitro benzene ring substituents is 1. The van der Waals surface area contributed by atoms with E-state index in [-0.39, 0.29) is 5.69 Å². The zero-order chi connectivity index (χ0) is 15.1. The predicted molar refractivity (Wildman–Crippen MR) is 80.8 cm³/mol. The second-order valence-corrected chi connectivity index (χ2v) is 3.79. The van der Waals surface area contributed by atoms with Crippen LogP contribution in [0.3, 0.4) is 0 Å². The highest BCUT2D eigenvalue weighted by molar-refractivity contribution is 5.78. The molecule has 20 heavy (non-hydrogen) atoms. The van der Waals surface area contributed by atoms with E-state index in [1.165, 1.54) is 12.1 Å².